The fraction of sp³-hybridized carbons (Fsp3) is 0.375. The van der Waals surface area contributed by atoms with E-state index in [4.69, 9.17) is 16.3 Å². The Balaban J connectivity index is 1.68. The number of amides is 2. The van der Waals surface area contributed by atoms with Crippen molar-refractivity contribution >= 4 is 39.1 Å². The van der Waals surface area contributed by atoms with Gasteiger partial charge in [-0.1, -0.05) is 66.8 Å². The number of nitrogens with one attached hydrogen (secondary N) is 1. The zero-order chi connectivity index (χ0) is 30.3. The molecule has 224 valence electrons. The average molecular weight is 612 g/mol. The van der Waals surface area contributed by atoms with E-state index in [0.717, 1.165) is 42.0 Å². The molecule has 1 aliphatic carbocycles. The summed E-state index contributed by atoms with van der Waals surface area (Å²) in [6, 6.07) is 19.2. The largest absolute Gasteiger partial charge is 0.497 e. The molecule has 8 nitrogen and oxygen atoms in total. The maximum atomic E-state index is 14.1. The molecule has 2 amide bonds. The van der Waals surface area contributed by atoms with Crippen molar-refractivity contribution in [3.63, 3.8) is 0 Å². The van der Waals surface area contributed by atoms with Crippen LogP contribution in [0, 0.1) is 6.92 Å². The lowest BCUT2D eigenvalue weighted by Gasteiger charge is -2.33. The summed E-state index contributed by atoms with van der Waals surface area (Å²) >= 11 is 6.45. The molecule has 0 heterocycles. The summed E-state index contributed by atoms with van der Waals surface area (Å²) in [4.78, 5) is 29.0. The van der Waals surface area contributed by atoms with Crippen LogP contribution >= 0.6 is 11.6 Å². The summed E-state index contributed by atoms with van der Waals surface area (Å²) in [6.07, 6.45) is 5.05. The number of halogens is 1. The number of benzene rings is 3. The Morgan fingerprint density at radius 1 is 0.976 bits per heavy atom. The first kappa shape index (κ1) is 31.4. The van der Waals surface area contributed by atoms with E-state index in [1.165, 1.54) is 24.1 Å². The zero-order valence-electron chi connectivity index (χ0n) is 24.3. The van der Waals surface area contributed by atoms with Crippen molar-refractivity contribution in [1.29, 1.82) is 0 Å². The maximum absolute atomic E-state index is 14.1. The second kappa shape index (κ2) is 14.1. The molecular weight excluding hydrogens is 574 g/mol. The molecule has 1 N–H and O–H groups in total. The highest BCUT2D eigenvalue weighted by Gasteiger charge is 2.33. The normalized spacial score (nSPS) is 14.6. The minimum absolute atomic E-state index is 0.0405. The van der Waals surface area contributed by atoms with Crippen molar-refractivity contribution in [3.05, 3.63) is 88.9 Å². The van der Waals surface area contributed by atoms with Crippen molar-refractivity contribution < 1.29 is 22.7 Å². The Kier molecular flexibility index (Phi) is 10.5. The van der Waals surface area contributed by atoms with Crippen LogP contribution in [0.2, 0.25) is 5.02 Å². The van der Waals surface area contributed by atoms with Crippen molar-refractivity contribution in [1.82, 2.24) is 10.2 Å². The SMILES string of the molecule is COc1ccc(N(CC(=O)N(Cc2ccccc2Cl)[C@H](C)C(=O)NC2CCCCC2)S(=O)(=O)c2ccc(C)cc2)cc1. The van der Waals surface area contributed by atoms with Gasteiger partial charge in [0.05, 0.1) is 17.7 Å². The van der Waals surface area contributed by atoms with Crippen LogP contribution in [-0.2, 0) is 26.2 Å². The summed E-state index contributed by atoms with van der Waals surface area (Å²) in [5, 5.41) is 3.56. The minimum atomic E-state index is -4.15. The molecule has 3 aromatic rings. The highest BCUT2D eigenvalue weighted by molar-refractivity contribution is 7.92. The predicted molar refractivity (Wildman–Crippen MR) is 165 cm³/mol. The third-order valence-electron chi connectivity index (χ3n) is 7.67. The van der Waals surface area contributed by atoms with Gasteiger partial charge in [-0.3, -0.25) is 13.9 Å². The number of aryl methyl sites for hydroxylation is 1. The van der Waals surface area contributed by atoms with E-state index >= 15 is 0 Å². The Labute approximate surface area is 253 Å². The number of methoxy groups -OCH3 is 1. The second-order valence-electron chi connectivity index (χ2n) is 10.7. The smallest absolute Gasteiger partial charge is 0.264 e. The van der Waals surface area contributed by atoms with E-state index in [9.17, 15) is 18.0 Å². The summed E-state index contributed by atoms with van der Waals surface area (Å²) in [5.41, 5.74) is 1.86. The molecule has 1 aliphatic rings. The Hall–Kier alpha value is -3.56. The lowest BCUT2D eigenvalue weighted by atomic mass is 9.95. The van der Waals surface area contributed by atoms with E-state index < -0.39 is 28.5 Å². The number of carbonyl (C=O) groups is 2. The topological polar surface area (TPSA) is 96.0 Å². The van der Waals surface area contributed by atoms with Gasteiger partial charge in [0.2, 0.25) is 11.8 Å². The molecule has 10 heteroatoms. The van der Waals surface area contributed by atoms with Crippen LogP contribution < -0.4 is 14.4 Å². The van der Waals surface area contributed by atoms with Gasteiger partial charge in [-0.15, -0.1) is 0 Å². The molecule has 4 rings (SSSR count). The third kappa shape index (κ3) is 7.63. The molecule has 0 bridgehead atoms. The summed E-state index contributed by atoms with van der Waals surface area (Å²) in [5.74, 6) is -0.265. The second-order valence-corrected chi connectivity index (χ2v) is 12.9. The molecule has 0 radical (unpaired) electrons. The molecule has 0 spiro atoms. The Bertz CT molecular complexity index is 1470. The molecule has 0 unspecified atom stereocenters. The highest BCUT2D eigenvalue weighted by atomic mass is 35.5. The van der Waals surface area contributed by atoms with Crippen molar-refractivity contribution in [2.24, 2.45) is 0 Å². The first-order valence-electron chi connectivity index (χ1n) is 14.2. The summed E-state index contributed by atoms with van der Waals surface area (Å²) in [7, 11) is -2.63. The Morgan fingerprint density at radius 2 is 1.62 bits per heavy atom. The van der Waals surface area contributed by atoms with Crippen LogP contribution in [0.5, 0.6) is 5.75 Å². The van der Waals surface area contributed by atoms with Crippen LogP contribution in [-0.4, -0.2) is 50.9 Å². The fourth-order valence-electron chi connectivity index (χ4n) is 5.08. The average Bonchev–Trinajstić information content (AvgIpc) is 2.99. The first-order valence-corrected chi connectivity index (χ1v) is 16.0. The van der Waals surface area contributed by atoms with Gasteiger partial charge < -0.3 is 15.0 Å². The van der Waals surface area contributed by atoms with Crippen molar-refractivity contribution in [2.75, 3.05) is 18.0 Å². The maximum Gasteiger partial charge on any atom is 0.264 e. The Morgan fingerprint density at radius 3 is 2.24 bits per heavy atom. The molecule has 0 aromatic heterocycles. The van der Waals surface area contributed by atoms with Crippen LogP contribution in [0.1, 0.15) is 50.2 Å². The number of sulfonamides is 1. The van der Waals surface area contributed by atoms with Gasteiger partial charge >= 0.3 is 0 Å². The van der Waals surface area contributed by atoms with Gasteiger partial charge in [0.15, 0.2) is 0 Å². The number of nitrogens with zero attached hydrogens (tertiary/aromatic N) is 2. The number of carbonyl (C=O) groups excluding carboxylic acids is 2. The van der Waals surface area contributed by atoms with Crippen LogP contribution in [0.4, 0.5) is 5.69 Å². The molecular formula is C32H38ClN3O5S. The quantitative estimate of drug-likeness (QED) is 0.299. The lowest BCUT2D eigenvalue weighted by molar-refractivity contribution is -0.139. The predicted octanol–water partition coefficient (Wildman–Crippen LogP) is 5.72. The van der Waals surface area contributed by atoms with Crippen LogP contribution in [0.25, 0.3) is 0 Å². The molecule has 42 heavy (non-hydrogen) atoms. The van der Waals surface area contributed by atoms with E-state index in [0.29, 0.717) is 22.0 Å². The lowest BCUT2D eigenvalue weighted by Crippen LogP contribution is -2.53. The van der Waals surface area contributed by atoms with Gasteiger partial charge in [-0.05, 0) is 74.7 Å². The highest BCUT2D eigenvalue weighted by Crippen LogP contribution is 2.27. The van der Waals surface area contributed by atoms with E-state index in [-0.39, 0.29) is 23.4 Å². The molecule has 0 saturated heterocycles. The third-order valence-corrected chi connectivity index (χ3v) is 9.82. The number of anilines is 1. The summed E-state index contributed by atoms with van der Waals surface area (Å²) < 4.78 is 34.2. The zero-order valence-corrected chi connectivity index (χ0v) is 25.8. The molecule has 0 aliphatic heterocycles. The van der Waals surface area contributed by atoms with Gasteiger partial charge in [0, 0.05) is 17.6 Å². The molecule has 1 atom stereocenters. The van der Waals surface area contributed by atoms with Gasteiger partial charge in [-0.25, -0.2) is 8.42 Å². The van der Waals surface area contributed by atoms with Crippen molar-refractivity contribution in [2.45, 2.75) is 69.5 Å². The number of hydrogen-bond acceptors (Lipinski definition) is 5. The molecule has 1 fully saturated rings. The van der Waals surface area contributed by atoms with E-state index in [2.05, 4.69) is 5.32 Å². The number of hydrogen-bond donors (Lipinski definition) is 1. The molecule has 3 aromatic carbocycles. The van der Waals surface area contributed by atoms with Gasteiger partial charge in [-0.2, -0.15) is 0 Å². The fourth-order valence-corrected chi connectivity index (χ4v) is 6.69. The summed E-state index contributed by atoms with van der Waals surface area (Å²) in [6.45, 7) is 3.06. The van der Waals surface area contributed by atoms with Crippen molar-refractivity contribution in [3.8, 4) is 5.75 Å². The van der Waals surface area contributed by atoms with Crippen LogP contribution in [0.3, 0.4) is 0 Å². The molecule has 1 saturated carbocycles. The number of rotatable bonds is 11. The standard InChI is InChI=1S/C32H38ClN3O5S/c1-23-13-19-29(20-14-23)42(39,40)36(27-15-17-28(41-3)18-16-27)22-31(37)35(21-25-9-7-8-12-30(25)33)24(2)32(38)34-26-10-5-4-6-11-26/h7-9,12-20,24,26H,4-6,10-11,21-22H2,1-3H3,(H,34,38)/t24-/m1/s1. The first-order chi connectivity index (χ1) is 20.1. The van der Waals surface area contributed by atoms with E-state index in [1.807, 2.05) is 13.0 Å². The minimum Gasteiger partial charge on any atom is -0.497 e. The monoisotopic (exact) mass is 611 g/mol. The van der Waals surface area contributed by atoms with Gasteiger partial charge in [0.1, 0.15) is 18.3 Å². The van der Waals surface area contributed by atoms with Gasteiger partial charge in [0.25, 0.3) is 10.0 Å². The van der Waals surface area contributed by atoms with E-state index in [1.54, 1.807) is 61.5 Å². The van der Waals surface area contributed by atoms with Crippen LogP contribution in [0.15, 0.2) is 77.7 Å². The number of ether oxygens (including phenoxy) is 1.